The summed E-state index contributed by atoms with van der Waals surface area (Å²) in [4.78, 5) is 7.86. The number of aryl methyl sites for hydroxylation is 2. The first-order valence-electron chi connectivity index (χ1n) is 6.06. The van der Waals surface area contributed by atoms with E-state index in [1.807, 2.05) is 6.92 Å². The minimum Gasteiger partial charge on any atom is -0.354 e. The van der Waals surface area contributed by atoms with Crippen LogP contribution in [0.25, 0.3) is 11.3 Å². The Morgan fingerprint density at radius 1 is 1.16 bits per heavy atom. The molecule has 0 atom stereocenters. The lowest BCUT2D eigenvalue weighted by molar-refractivity contribution is 0.605. The molecule has 0 amide bonds. The Labute approximate surface area is 110 Å². The molecule has 0 unspecified atom stereocenters. The van der Waals surface area contributed by atoms with Crippen LogP contribution in [0.4, 0.5) is 14.7 Å². The Morgan fingerprint density at radius 3 is 2.53 bits per heavy atom. The van der Waals surface area contributed by atoms with Crippen LogP contribution in [0.3, 0.4) is 0 Å². The highest BCUT2D eigenvalue weighted by Gasteiger charge is 2.16. The van der Waals surface area contributed by atoms with Crippen LogP contribution in [0.2, 0.25) is 0 Å². The zero-order valence-electron chi connectivity index (χ0n) is 11.1. The summed E-state index contributed by atoms with van der Waals surface area (Å²) < 4.78 is 27.9. The molecule has 0 aliphatic heterocycles. The molecule has 3 nitrogen and oxygen atoms in total. The van der Waals surface area contributed by atoms with Crippen LogP contribution in [0.5, 0.6) is 0 Å². The second kappa shape index (κ2) is 5.30. The molecule has 5 heteroatoms. The molecule has 0 saturated carbocycles. The standard InChI is InChI=1S/C14H15F2N3/c1-4-17-14-18-7-11(16)13(19-14)12-9(3)5-8(2)6-10(12)15/h5-7H,4H2,1-3H3,(H,17,18,19). The SMILES string of the molecule is CCNc1ncc(F)c(-c2c(C)cc(C)cc2F)n1. The first-order valence-corrected chi connectivity index (χ1v) is 6.06. The molecule has 0 aliphatic rings. The third-order valence-corrected chi connectivity index (χ3v) is 2.75. The van der Waals surface area contributed by atoms with Crippen LogP contribution in [0.1, 0.15) is 18.1 Å². The number of halogens is 2. The minimum absolute atomic E-state index is 0.0130. The lowest BCUT2D eigenvalue weighted by atomic mass is 10.0. The zero-order chi connectivity index (χ0) is 14.0. The smallest absolute Gasteiger partial charge is 0.223 e. The molecule has 100 valence electrons. The summed E-state index contributed by atoms with van der Waals surface area (Å²) >= 11 is 0. The normalized spacial score (nSPS) is 10.6. The van der Waals surface area contributed by atoms with Crippen molar-refractivity contribution in [3.8, 4) is 11.3 Å². The van der Waals surface area contributed by atoms with E-state index >= 15 is 0 Å². The summed E-state index contributed by atoms with van der Waals surface area (Å²) in [7, 11) is 0. The highest BCUT2D eigenvalue weighted by Crippen LogP contribution is 2.28. The number of nitrogens with zero attached hydrogens (tertiary/aromatic N) is 2. The summed E-state index contributed by atoms with van der Waals surface area (Å²) in [5, 5.41) is 2.88. The monoisotopic (exact) mass is 263 g/mol. The molecule has 0 bridgehead atoms. The van der Waals surface area contributed by atoms with Gasteiger partial charge < -0.3 is 5.32 Å². The van der Waals surface area contributed by atoms with Crippen LogP contribution in [-0.4, -0.2) is 16.5 Å². The van der Waals surface area contributed by atoms with Gasteiger partial charge in [0.1, 0.15) is 11.5 Å². The molecule has 0 spiro atoms. The number of anilines is 1. The summed E-state index contributed by atoms with van der Waals surface area (Å²) in [5.41, 5.74) is 1.61. The molecule has 2 aromatic rings. The van der Waals surface area contributed by atoms with E-state index in [9.17, 15) is 8.78 Å². The predicted molar refractivity (Wildman–Crippen MR) is 71.0 cm³/mol. The fraction of sp³-hybridized carbons (Fsp3) is 0.286. The van der Waals surface area contributed by atoms with Crippen molar-refractivity contribution < 1.29 is 8.78 Å². The van der Waals surface area contributed by atoms with Crippen LogP contribution >= 0.6 is 0 Å². The van der Waals surface area contributed by atoms with Gasteiger partial charge in [0.05, 0.1) is 6.20 Å². The van der Waals surface area contributed by atoms with Crippen molar-refractivity contribution in [1.29, 1.82) is 0 Å². The van der Waals surface area contributed by atoms with Gasteiger partial charge in [-0.1, -0.05) is 6.07 Å². The molecule has 0 fully saturated rings. The Hall–Kier alpha value is -2.04. The predicted octanol–water partition coefficient (Wildman–Crippen LogP) is 3.47. The lowest BCUT2D eigenvalue weighted by Crippen LogP contribution is -2.05. The van der Waals surface area contributed by atoms with Crippen LogP contribution in [-0.2, 0) is 0 Å². The quantitative estimate of drug-likeness (QED) is 0.921. The molecule has 1 aromatic carbocycles. The number of hydrogen-bond acceptors (Lipinski definition) is 3. The van der Waals surface area contributed by atoms with Gasteiger partial charge in [0, 0.05) is 12.1 Å². The van der Waals surface area contributed by atoms with Crippen LogP contribution in [0.15, 0.2) is 18.3 Å². The van der Waals surface area contributed by atoms with E-state index < -0.39 is 11.6 Å². The fourth-order valence-electron chi connectivity index (χ4n) is 2.00. The highest BCUT2D eigenvalue weighted by atomic mass is 19.1. The largest absolute Gasteiger partial charge is 0.354 e. The van der Waals surface area contributed by atoms with E-state index in [0.29, 0.717) is 18.1 Å². The lowest BCUT2D eigenvalue weighted by Gasteiger charge is -2.10. The molecule has 0 radical (unpaired) electrons. The van der Waals surface area contributed by atoms with Crippen molar-refractivity contribution in [3.63, 3.8) is 0 Å². The second-order valence-corrected chi connectivity index (χ2v) is 4.36. The van der Waals surface area contributed by atoms with Crippen molar-refractivity contribution in [1.82, 2.24) is 9.97 Å². The van der Waals surface area contributed by atoms with E-state index in [1.54, 1.807) is 19.9 Å². The number of rotatable bonds is 3. The molecule has 2 rings (SSSR count). The van der Waals surface area contributed by atoms with Gasteiger partial charge in [0.2, 0.25) is 5.95 Å². The molecule has 19 heavy (non-hydrogen) atoms. The zero-order valence-corrected chi connectivity index (χ0v) is 11.1. The Morgan fingerprint density at radius 2 is 1.89 bits per heavy atom. The average Bonchev–Trinajstić information content (AvgIpc) is 2.32. The number of benzene rings is 1. The minimum atomic E-state index is -0.632. The summed E-state index contributed by atoms with van der Waals surface area (Å²) in [6, 6.07) is 3.17. The van der Waals surface area contributed by atoms with Gasteiger partial charge in [-0.3, -0.25) is 0 Å². The van der Waals surface area contributed by atoms with Gasteiger partial charge in [-0.25, -0.2) is 18.7 Å². The third-order valence-electron chi connectivity index (χ3n) is 2.75. The molecule has 1 aromatic heterocycles. The fourth-order valence-corrected chi connectivity index (χ4v) is 2.00. The van der Waals surface area contributed by atoms with Crippen molar-refractivity contribution >= 4 is 5.95 Å². The molecule has 1 heterocycles. The first-order chi connectivity index (χ1) is 9.02. The van der Waals surface area contributed by atoms with Gasteiger partial charge in [0.25, 0.3) is 0 Å². The average molecular weight is 263 g/mol. The topological polar surface area (TPSA) is 37.8 Å². The van der Waals surface area contributed by atoms with Gasteiger partial charge in [-0.15, -0.1) is 0 Å². The summed E-state index contributed by atoms with van der Waals surface area (Å²) in [5.74, 6) is -0.816. The second-order valence-electron chi connectivity index (χ2n) is 4.36. The number of hydrogen-bond donors (Lipinski definition) is 1. The first kappa shape index (κ1) is 13.4. The maximum atomic E-state index is 14.0. The van der Waals surface area contributed by atoms with Crippen molar-refractivity contribution in [3.05, 3.63) is 41.1 Å². The van der Waals surface area contributed by atoms with E-state index in [1.165, 1.54) is 6.07 Å². The Kier molecular flexibility index (Phi) is 3.74. The van der Waals surface area contributed by atoms with E-state index in [0.717, 1.165) is 11.8 Å². The molecular formula is C14H15F2N3. The molecule has 0 aliphatic carbocycles. The summed E-state index contributed by atoms with van der Waals surface area (Å²) in [6.45, 7) is 6.02. The van der Waals surface area contributed by atoms with Crippen molar-refractivity contribution in [2.45, 2.75) is 20.8 Å². The van der Waals surface area contributed by atoms with Gasteiger partial charge in [-0.2, -0.15) is 0 Å². The Bertz CT molecular complexity index is 589. The van der Waals surface area contributed by atoms with Crippen molar-refractivity contribution in [2.75, 3.05) is 11.9 Å². The van der Waals surface area contributed by atoms with Crippen LogP contribution in [0, 0.1) is 25.5 Å². The van der Waals surface area contributed by atoms with E-state index in [2.05, 4.69) is 15.3 Å². The third kappa shape index (κ3) is 2.70. The Balaban J connectivity index is 2.61. The maximum absolute atomic E-state index is 14.0. The van der Waals surface area contributed by atoms with E-state index in [-0.39, 0.29) is 11.3 Å². The maximum Gasteiger partial charge on any atom is 0.223 e. The highest BCUT2D eigenvalue weighted by molar-refractivity contribution is 5.66. The summed E-state index contributed by atoms with van der Waals surface area (Å²) in [6.07, 6.45) is 1.05. The van der Waals surface area contributed by atoms with Gasteiger partial charge in [-0.05, 0) is 38.0 Å². The van der Waals surface area contributed by atoms with E-state index in [4.69, 9.17) is 0 Å². The number of nitrogens with one attached hydrogen (secondary N) is 1. The van der Waals surface area contributed by atoms with Crippen LogP contribution < -0.4 is 5.32 Å². The molecular weight excluding hydrogens is 248 g/mol. The van der Waals surface area contributed by atoms with Gasteiger partial charge >= 0.3 is 0 Å². The van der Waals surface area contributed by atoms with Gasteiger partial charge in [0.15, 0.2) is 5.82 Å². The molecule has 0 saturated heterocycles. The molecule has 1 N–H and O–H groups in total. The van der Waals surface area contributed by atoms with Crippen molar-refractivity contribution in [2.24, 2.45) is 0 Å². The number of aromatic nitrogens is 2.